The van der Waals surface area contributed by atoms with Gasteiger partial charge in [-0.15, -0.1) is 0 Å². The van der Waals surface area contributed by atoms with Crippen LogP contribution in [0.1, 0.15) is 44.4 Å². The number of hydrogen-bond donors (Lipinski definition) is 0. The van der Waals surface area contributed by atoms with Crippen LogP contribution in [0.2, 0.25) is 5.04 Å². The van der Waals surface area contributed by atoms with Gasteiger partial charge in [0, 0.05) is 174 Å². The molecule has 0 amide bonds. The molecule has 1 unspecified atom stereocenters. The fourth-order valence-corrected chi connectivity index (χ4v) is 19.8. The van der Waals surface area contributed by atoms with Crippen molar-refractivity contribution in [1.82, 2.24) is 0 Å². The summed E-state index contributed by atoms with van der Waals surface area (Å²) in [4.78, 5) is 28.6. The van der Waals surface area contributed by atoms with Crippen LogP contribution in [0.3, 0.4) is 0 Å². The van der Waals surface area contributed by atoms with Gasteiger partial charge in [0.2, 0.25) is 0 Å². The standard InChI is InChI=1S/C54H94N12Si/c1-33-32-54(7,38(6)34(33)2)67(51-35(3)39(55(8)9)42(58(14)15)45(61(20)21)48(51)64(26)27,52-36(4)40(56(10)11)43(59(16)17)46(62(22)23)49(52)65(28)29)53-37(5)41(57(12)13)44(60(18)19)47(63(24)25)50(53)66(30)31/h32H,1-31H3. The van der Waals surface area contributed by atoms with Gasteiger partial charge in [-0.25, -0.2) is 0 Å². The van der Waals surface area contributed by atoms with E-state index in [4.69, 9.17) is 0 Å². The summed E-state index contributed by atoms with van der Waals surface area (Å²) < 4.78 is 0. The van der Waals surface area contributed by atoms with Crippen LogP contribution in [0.5, 0.6) is 0 Å². The summed E-state index contributed by atoms with van der Waals surface area (Å²) in [5.74, 6) is 0. The van der Waals surface area contributed by atoms with E-state index in [-0.39, 0.29) is 0 Å². The average molecular weight is 940 g/mol. The molecule has 1 atom stereocenters. The molecule has 0 saturated heterocycles. The van der Waals surface area contributed by atoms with E-state index >= 15 is 0 Å². The molecule has 0 spiro atoms. The minimum absolute atomic E-state index is 0.520. The lowest BCUT2D eigenvalue weighted by atomic mass is 10.0. The molecule has 0 N–H and O–H groups in total. The Kier molecular flexibility index (Phi) is 15.6. The van der Waals surface area contributed by atoms with Crippen LogP contribution in [0, 0.1) is 20.8 Å². The van der Waals surface area contributed by atoms with Gasteiger partial charge in [0.15, 0.2) is 8.07 Å². The summed E-state index contributed by atoms with van der Waals surface area (Å²) in [5, 5.41) is 3.75. The average Bonchev–Trinajstić information content (AvgIpc) is 3.38. The Morgan fingerprint density at radius 1 is 0.284 bits per heavy atom. The van der Waals surface area contributed by atoms with Crippen molar-refractivity contribution in [2.45, 2.75) is 53.5 Å². The first-order valence-electron chi connectivity index (χ1n) is 23.7. The number of rotatable bonds is 16. The van der Waals surface area contributed by atoms with Gasteiger partial charge in [0.1, 0.15) is 0 Å². The highest BCUT2D eigenvalue weighted by Crippen LogP contribution is 2.60. The number of anilines is 12. The van der Waals surface area contributed by atoms with Crippen molar-refractivity contribution in [1.29, 1.82) is 0 Å². The van der Waals surface area contributed by atoms with Gasteiger partial charge < -0.3 is 58.8 Å². The highest BCUT2D eigenvalue weighted by atomic mass is 28.3. The quantitative estimate of drug-likeness (QED) is 0.111. The highest BCUT2D eigenvalue weighted by Gasteiger charge is 2.63. The Bertz CT molecular complexity index is 2210. The van der Waals surface area contributed by atoms with Gasteiger partial charge >= 0.3 is 0 Å². The van der Waals surface area contributed by atoms with E-state index in [1.165, 1.54) is 117 Å². The lowest BCUT2D eigenvalue weighted by molar-refractivity contribution is 0.866. The predicted molar refractivity (Wildman–Crippen MR) is 311 cm³/mol. The van der Waals surface area contributed by atoms with E-state index in [0.29, 0.717) is 0 Å². The summed E-state index contributed by atoms with van der Waals surface area (Å²) in [6, 6.07) is 0. The second-order valence-electron chi connectivity index (χ2n) is 21.9. The number of hydrogen-bond acceptors (Lipinski definition) is 12. The molecule has 1 aliphatic rings. The van der Waals surface area contributed by atoms with Crippen molar-refractivity contribution in [3.8, 4) is 0 Å². The van der Waals surface area contributed by atoms with E-state index in [9.17, 15) is 0 Å². The maximum absolute atomic E-state index is 3.83. The van der Waals surface area contributed by atoms with Gasteiger partial charge in [0.25, 0.3) is 0 Å². The summed E-state index contributed by atoms with van der Waals surface area (Å²) in [7, 11) is 50.0. The molecule has 0 radical (unpaired) electrons. The normalized spacial score (nSPS) is 14.9. The maximum Gasteiger partial charge on any atom is 0.171 e. The third-order valence-electron chi connectivity index (χ3n) is 14.6. The van der Waals surface area contributed by atoms with E-state index in [1.54, 1.807) is 0 Å². The molecule has 374 valence electrons. The molecular formula is C54H94N12Si. The molecule has 0 bridgehead atoms. The molecule has 4 rings (SSSR count). The summed E-state index contributed by atoms with van der Waals surface area (Å²) in [5.41, 5.74) is 22.8. The molecule has 0 aromatic heterocycles. The van der Waals surface area contributed by atoms with Crippen molar-refractivity contribution < 1.29 is 0 Å². The fourth-order valence-electron chi connectivity index (χ4n) is 12.2. The van der Waals surface area contributed by atoms with Crippen molar-refractivity contribution in [2.24, 2.45) is 0 Å². The Hall–Kier alpha value is -5.04. The third kappa shape index (κ3) is 8.18. The number of allylic oxidation sites excluding steroid dienone is 4. The zero-order valence-corrected chi connectivity index (χ0v) is 49.4. The van der Waals surface area contributed by atoms with Gasteiger partial charge in [0.05, 0.1) is 68.2 Å². The monoisotopic (exact) mass is 939 g/mol. The topological polar surface area (TPSA) is 38.9 Å². The first-order chi connectivity index (χ1) is 30.7. The molecule has 1 aliphatic carbocycles. The Morgan fingerprint density at radius 3 is 0.612 bits per heavy atom. The third-order valence-corrected chi connectivity index (χ3v) is 20.8. The largest absolute Gasteiger partial charge is 0.376 e. The zero-order valence-electron chi connectivity index (χ0n) is 48.4. The van der Waals surface area contributed by atoms with Crippen LogP contribution in [-0.2, 0) is 0 Å². The van der Waals surface area contributed by atoms with Gasteiger partial charge in [-0.2, -0.15) is 0 Å². The molecule has 0 fully saturated rings. The van der Waals surface area contributed by atoms with Crippen LogP contribution in [0.4, 0.5) is 68.2 Å². The van der Waals surface area contributed by atoms with E-state index in [1.807, 2.05) is 0 Å². The molecule has 12 nitrogen and oxygen atoms in total. The Morgan fingerprint density at radius 2 is 0.463 bits per heavy atom. The predicted octanol–water partition coefficient (Wildman–Crippen LogP) is 6.93. The van der Waals surface area contributed by atoms with Gasteiger partial charge in [-0.3, -0.25) is 0 Å². The second-order valence-corrected chi connectivity index (χ2v) is 26.0. The van der Waals surface area contributed by atoms with Gasteiger partial charge in [-0.1, -0.05) is 24.1 Å². The highest BCUT2D eigenvalue weighted by molar-refractivity contribution is 7.17. The van der Waals surface area contributed by atoms with Crippen molar-refractivity contribution in [3.05, 3.63) is 39.5 Å². The lowest BCUT2D eigenvalue weighted by Crippen LogP contribution is -2.76. The molecule has 3 aromatic carbocycles. The number of benzene rings is 3. The zero-order chi connectivity index (χ0) is 51.8. The van der Waals surface area contributed by atoms with E-state index < -0.39 is 13.1 Å². The minimum atomic E-state index is -3.83. The Balaban J connectivity index is 3.05. The Labute approximate surface area is 411 Å². The summed E-state index contributed by atoms with van der Waals surface area (Å²) >= 11 is 0. The van der Waals surface area contributed by atoms with E-state index in [0.717, 1.165) is 0 Å². The van der Waals surface area contributed by atoms with Crippen LogP contribution in [0.25, 0.3) is 0 Å². The summed E-state index contributed by atoms with van der Waals surface area (Å²) in [6.07, 6.45) is 2.71. The molecule has 0 saturated carbocycles. The lowest BCUT2D eigenvalue weighted by Gasteiger charge is -2.54. The molecule has 3 aromatic rings. The van der Waals surface area contributed by atoms with Crippen molar-refractivity contribution in [3.63, 3.8) is 0 Å². The van der Waals surface area contributed by atoms with Crippen LogP contribution >= 0.6 is 0 Å². The van der Waals surface area contributed by atoms with Crippen molar-refractivity contribution in [2.75, 3.05) is 228 Å². The molecule has 0 heterocycles. The SMILES string of the molecule is CC1=CC(C)([Si](c2c(C)c(N(C)C)c(N(C)C)c(N(C)C)c2N(C)C)(c2c(C)c(N(C)C)c(N(C)C)c(N(C)C)c2N(C)C)c2c(C)c(N(C)C)c(N(C)C)c(N(C)C)c2N(C)C)C(C)=C1C. The minimum Gasteiger partial charge on any atom is -0.376 e. The second kappa shape index (κ2) is 19.2. The van der Waals surface area contributed by atoms with Crippen LogP contribution in [0.15, 0.2) is 22.8 Å². The molecular weight excluding hydrogens is 845 g/mol. The first-order valence-corrected chi connectivity index (χ1v) is 25.7. The number of nitrogens with zero attached hydrogens (tertiary/aromatic N) is 12. The van der Waals surface area contributed by atoms with Gasteiger partial charge in [-0.05, 0) is 79.4 Å². The molecule has 0 aliphatic heterocycles. The van der Waals surface area contributed by atoms with Crippen LogP contribution < -0.4 is 74.4 Å². The molecule has 13 heteroatoms. The van der Waals surface area contributed by atoms with Crippen LogP contribution in [-0.4, -0.2) is 177 Å². The van der Waals surface area contributed by atoms with E-state index in [2.05, 4.69) is 282 Å². The molecule has 67 heavy (non-hydrogen) atoms. The first kappa shape index (κ1) is 54.6. The fraction of sp³-hybridized carbons (Fsp3) is 0.593. The summed E-state index contributed by atoms with van der Waals surface area (Å²) in [6.45, 7) is 17.2. The smallest absolute Gasteiger partial charge is 0.171 e. The van der Waals surface area contributed by atoms with Crippen molar-refractivity contribution >= 4 is 91.9 Å². The maximum atomic E-state index is 2.71.